The van der Waals surface area contributed by atoms with E-state index < -0.39 is 23.5 Å². The summed E-state index contributed by atoms with van der Waals surface area (Å²) in [5.74, 6) is -1.47. The number of carboxylic acid groups (broad SMARTS) is 1. The zero-order valence-corrected chi connectivity index (χ0v) is 8.83. The van der Waals surface area contributed by atoms with E-state index in [1.54, 1.807) is 22.6 Å². The molecular weight excluding hydrogens is 309 g/mol. The Morgan fingerprint density at radius 3 is 2.57 bits per heavy atom. The minimum atomic E-state index is -2.90. The van der Waals surface area contributed by atoms with Gasteiger partial charge < -0.3 is 10.8 Å². The molecule has 0 spiro atoms. The van der Waals surface area contributed by atoms with Gasteiger partial charge in [-0.2, -0.15) is 0 Å². The van der Waals surface area contributed by atoms with Crippen LogP contribution in [0.25, 0.3) is 0 Å². The van der Waals surface area contributed by atoms with Gasteiger partial charge >= 0.3 is 5.97 Å². The Hall–Kier alpha value is -0.990. The van der Waals surface area contributed by atoms with Crippen LogP contribution in [0.5, 0.6) is 0 Å². The number of nitrogen functional groups attached to an aromatic ring is 1. The largest absolute Gasteiger partial charge is 0.478 e. The van der Waals surface area contributed by atoms with Gasteiger partial charge in [0.2, 0.25) is 0 Å². The molecule has 0 aromatic carbocycles. The molecule has 1 heterocycles. The predicted octanol–water partition coefficient (Wildman–Crippen LogP) is 1.90. The molecule has 1 aromatic rings. The topological polar surface area (TPSA) is 76.2 Å². The second kappa shape index (κ2) is 4.03. The van der Waals surface area contributed by atoms with Crippen molar-refractivity contribution in [1.29, 1.82) is 0 Å². The summed E-state index contributed by atoms with van der Waals surface area (Å²) in [5, 5.41) is 8.68. The molecule has 0 atom stereocenters. The first-order chi connectivity index (χ1) is 6.45. The number of rotatable bonds is 2. The van der Waals surface area contributed by atoms with Crippen LogP contribution in [0.15, 0.2) is 6.20 Å². The molecule has 1 aromatic heterocycles. The first-order valence-electron chi connectivity index (χ1n) is 3.40. The Balaban J connectivity index is 3.50. The average Bonchev–Trinajstić information content (AvgIpc) is 2.07. The molecule has 0 unspecified atom stereocenters. The second-order valence-electron chi connectivity index (χ2n) is 2.40. The number of pyridine rings is 1. The van der Waals surface area contributed by atoms with Crippen molar-refractivity contribution in [2.45, 2.75) is 6.43 Å². The van der Waals surface area contributed by atoms with Gasteiger partial charge in [-0.05, 0) is 22.6 Å². The number of nitrogens with two attached hydrogens (primary N) is 1. The number of halogens is 3. The second-order valence-corrected chi connectivity index (χ2v) is 3.42. The molecule has 0 radical (unpaired) electrons. The summed E-state index contributed by atoms with van der Waals surface area (Å²) in [5.41, 5.74) is 3.80. The van der Waals surface area contributed by atoms with E-state index in [1.165, 1.54) is 0 Å². The quantitative estimate of drug-likeness (QED) is 0.646. The van der Waals surface area contributed by atoms with Gasteiger partial charge in [0.15, 0.2) is 0 Å². The molecule has 0 aliphatic heterocycles. The van der Waals surface area contributed by atoms with Crippen LogP contribution in [0, 0.1) is 3.70 Å². The van der Waals surface area contributed by atoms with Crippen molar-refractivity contribution in [3.05, 3.63) is 21.0 Å². The van der Waals surface area contributed by atoms with Crippen LogP contribution in [0.4, 0.5) is 14.5 Å². The Bertz CT molecular complexity index is 384. The summed E-state index contributed by atoms with van der Waals surface area (Å²) in [6, 6.07) is 0. The van der Waals surface area contributed by atoms with Crippen LogP contribution in [0.1, 0.15) is 22.3 Å². The third kappa shape index (κ3) is 1.91. The molecule has 3 N–H and O–H groups in total. The van der Waals surface area contributed by atoms with E-state index >= 15 is 0 Å². The summed E-state index contributed by atoms with van der Waals surface area (Å²) in [6.07, 6.45) is -1.85. The highest BCUT2D eigenvalue weighted by Gasteiger charge is 2.24. The fourth-order valence-electron chi connectivity index (χ4n) is 0.957. The molecular formula is C7H5F2IN2O2. The van der Waals surface area contributed by atoms with E-state index in [1.807, 2.05) is 0 Å². The van der Waals surface area contributed by atoms with Gasteiger partial charge in [0.05, 0.1) is 23.0 Å². The van der Waals surface area contributed by atoms with Crippen molar-refractivity contribution < 1.29 is 18.7 Å². The lowest BCUT2D eigenvalue weighted by atomic mass is 10.1. The van der Waals surface area contributed by atoms with Gasteiger partial charge in [-0.25, -0.2) is 18.6 Å². The number of carboxylic acids is 1. The zero-order valence-electron chi connectivity index (χ0n) is 6.67. The molecule has 4 nitrogen and oxygen atoms in total. The van der Waals surface area contributed by atoms with Gasteiger partial charge in [-0.1, -0.05) is 0 Å². The summed E-state index contributed by atoms with van der Waals surface area (Å²) in [6.45, 7) is 0. The van der Waals surface area contributed by atoms with Gasteiger partial charge in [-0.15, -0.1) is 0 Å². The molecule has 0 bridgehead atoms. The summed E-state index contributed by atoms with van der Waals surface area (Å²) >= 11 is 1.54. The first kappa shape index (κ1) is 11.1. The molecule has 0 aliphatic carbocycles. The van der Waals surface area contributed by atoms with Crippen molar-refractivity contribution in [3.8, 4) is 0 Å². The standard InChI is InChI=1S/C7H5F2IN2O2/c8-5(9)4-3(7(13)14)2(11)1-12-6(4)10/h1,5H,11H2,(H,13,14). The van der Waals surface area contributed by atoms with Crippen LogP contribution in [0.3, 0.4) is 0 Å². The number of nitrogens with zero attached hydrogens (tertiary/aromatic N) is 1. The predicted molar refractivity (Wildman–Crippen MR) is 53.3 cm³/mol. The molecule has 0 saturated carbocycles. The number of carbonyl (C=O) groups is 1. The van der Waals surface area contributed by atoms with Crippen molar-refractivity contribution in [1.82, 2.24) is 4.98 Å². The maximum Gasteiger partial charge on any atom is 0.338 e. The van der Waals surface area contributed by atoms with E-state index in [2.05, 4.69) is 4.98 Å². The minimum absolute atomic E-state index is 0.0517. The maximum atomic E-state index is 12.5. The molecule has 1 rings (SSSR count). The van der Waals surface area contributed by atoms with Crippen LogP contribution >= 0.6 is 22.6 Å². The molecule has 76 valence electrons. The molecule has 0 amide bonds. The summed E-state index contributed by atoms with van der Waals surface area (Å²) < 4.78 is 24.9. The lowest BCUT2D eigenvalue weighted by Crippen LogP contribution is -2.10. The van der Waals surface area contributed by atoms with E-state index in [9.17, 15) is 13.6 Å². The number of aromatic nitrogens is 1. The lowest BCUT2D eigenvalue weighted by Gasteiger charge is -2.08. The van der Waals surface area contributed by atoms with Gasteiger partial charge in [-0.3, -0.25) is 0 Å². The van der Waals surface area contributed by atoms with Gasteiger partial charge in [0.1, 0.15) is 3.70 Å². The van der Waals surface area contributed by atoms with Gasteiger partial charge in [0, 0.05) is 0 Å². The monoisotopic (exact) mass is 314 g/mol. The number of aromatic carboxylic acids is 1. The highest BCUT2D eigenvalue weighted by molar-refractivity contribution is 14.1. The van der Waals surface area contributed by atoms with E-state index in [-0.39, 0.29) is 9.39 Å². The average molecular weight is 314 g/mol. The van der Waals surface area contributed by atoms with Crippen molar-refractivity contribution in [2.24, 2.45) is 0 Å². The molecule has 14 heavy (non-hydrogen) atoms. The number of alkyl halides is 2. The fraction of sp³-hybridized carbons (Fsp3) is 0.143. The van der Waals surface area contributed by atoms with Crippen LogP contribution < -0.4 is 5.73 Å². The van der Waals surface area contributed by atoms with E-state index in [0.29, 0.717) is 0 Å². The first-order valence-corrected chi connectivity index (χ1v) is 4.48. The molecule has 0 saturated heterocycles. The highest BCUT2D eigenvalue weighted by atomic mass is 127. The third-order valence-electron chi connectivity index (χ3n) is 1.53. The smallest absolute Gasteiger partial charge is 0.338 e. The molecule has 0 aliphatic rings. The lowest BCUT2D eigenvalue weighted by molar-refractivity contribution is 0.0685. The normalized spacial score (nSPS) is 10.6. The fourth-order valence-corrected chi connectivity index (χ4v) is 1.60. The highest BCUT2D eigenvalue weighted by Crippen LogP contribution is 2.29. The van der Waals surface area contributed by atoms with Crippen LogP contribution in [-0.4, -0.2) is 16.1 Å². The number of hydrogen-bond acceptors (Lipinski definition) is 3. The SMILES string of the molecule is Nc1cnc(I)c(C(F)F)c1C(=O)O. The summed E-state index contributed by atoms with van der Waals surface area (Å²) in [7, 11) is 0. The van der Waals surface area contributed by atoms with Crippen molar-refractivity contribution >= 4 is 34.2 Å². The number of anilines is 1. The Morgan fingerprint density at radius 2 is 2.21 bits per heavy atom. The minimum Gasteiger partial charge on any atom is -0.478 e. The zero-order chi connectivity index (χ0) is 10.9. The Labute approximate surface area is 91.3 Å². The van der Waals surface area contributed by atoms with Gasteiger partial charge in [0.25, 0.3) is 6.43 Å². The Kier molecular flexibility index (Phi) is 3.19. The molecule has 7 heteroatoms. The van der Waals surface area contributed by atoms with E-state index in [4.69, 9.17) is 10.8 Å². The number of hydrogen-bond donors (Lipinski definition) is 2. The van der Waals surface area contributed by atoms with Crippen LogP contribution in [0.2, 0.25) is 0 Å². The van der Waals surface area contributed by atoms with Crippen molar-refractivity contribution in [2.75, 3.05) is 5.73 Å². The third-order valence-corrected chi connectivity index (χ3v) is 2.39. The van der Waals surface area contributed by atoms with Crippen LogP contribution in [-0.2, 0) is 0 Å². The van der Waals surface area contributed by atoms with E-state index in [0.717, 1.165) is 6.20 Å². The molecule has 0 fully saturated rings. The maximum absolute atomic E-state index is 12.5. The summed E-state index contributed by atoms with van der Waals surface area (Å²) in [4.78, 5) is 14.2. The van der Waals surface area contributed by atoms with Crippen molar-refractivity contribution in [3.63, 3.8) is 0 Å². The Morgan fingerprint density at radius 1 is 1.64 bits per heavy atom.